The van der Waals surface area contributed by atoms with Crippen LogP contribution in [0.2, 0.25) is 0 Å². The van der Waals surface area contributed by atoms with E-state index in [4.69, 9.17) is 5.11 Å². The normalized spacial score (nSPS) is 30.5. The molecule has 0 aromatic rings. The number of aliphatic hydroxyl groups is 2. The van der Waals surface area contributed by atoms with E-state index in [1.165, 1.54) is 0 Å². The average Bonchev–Trinajstić information content (AvgIpc) is 2.43. The van der Waals surface area contributed by atoms with E-state index in [2.05, 4.69) is 0 Å². The zero-order valence-corrected chi connectivity index (χ0v) is 8.26. The van der Waals surface area contributed by atoms with Gasteiger partial charge in [0.1, 0.15) is 0 Å². The lowest BCUT2D eigenvalue weighted by atomic mass is 10.1. The Balaban J connectivity index is 2.31. The van der Waals surface area contributed by atoms with Gasteiger partial charge in [-0.05, 0) is 13.3 Å². The summed E-state index contributed by atoms with van der Waals surface area (Å²) in [6, 6.07) is 0.0953. The summed E-state index contributed by atoms with van der Waals surface area (Å²) in [5.74, 6) is -0.808. The fourth-order valence-electron chi connectivity index (χ4n) is 1.67. The van der Waals surface area contributed by atoms with Gasteiger partial charge in [0, 0.05) is 25.6 Å². The molecule has 14 heavy (non-hydrogen) atoms. The lowest BCUT2D eigenvalue weighted by Gasteiger charge is -2.22. The van der Waals surface area contributed by atoms with Crippen molar-refractivity contribution in [3.05, 3.63) is 0 Å². The van der Waals surface area contributed by atoms with Crippen LogP contribution in [-0.4, -0.2) is 57.5 Å². The Bertz CT molecular complexity index is 199. The topological polar surface area (TPSA) is 81.0 Å². The summed E-state index contributed by atoms with van der Waals surface area (Å²) in [7, 11) is 0. The van der Waals surface area contributed by atoms with Gasteiger partial charge in [-0.25, -0.2) is 0 Å². The number of aliphatic hydroxyl groups excluding tert-OH is 2. The quantitative estimate of drug-likeness (QED) is 0.561. The highest BCUT2D eigenvalue weighted by Crippen LogP contribution is 2.16. The SMILES string of the molecule is CC(CCC(=O)O)N1CC(O)C(O)C1. The Kier molecular flexibility index (Phi) is 3.86. The summed E-state index contributed by atoms with van der Waals surface area (Å²) < 4.78 is 0. The van der Waals surface area contributed by atoms with Gasteiger partial charge in [-0.3, -0.25) is 9.69 Å². The van der Waals surface area contributed by atoms with E-state index in [1.54, 1.807) is 0 Å². The first-order chi connectivity index (χ1) is 6.50. The van der Waals surface area contributed by atoms with Crippen molar-refractivity contribution in [1.82, 2.24) is 4.90 Å². The second-order valence-electron chi connectivity index (χ2n) is 3.87. The van der Waals surface area contributed by atoms with Crippen molar-refractivity contribution in [2.24, 2.45) is 0 Å². The number of rotatable bonds is 4. The van der Waals surface area contributed by atoms with E-state index < -0.39 is 18.2 Å². The molecule has 1 fully saturated rings. The van der Waals surface area contributed by atoms with E-state index in [0.717, 1.165) is 0 Å². The van der Waals surface area contributed by atoms with E-state index in [1.807, 2.05) is 11.8 Å². The Morgan fingerprint density at radius 2 is 1.93 bits per heavy atom. The number of likely N-dealkylation sites (tertiary alicyclic amines) is 1. The van der Waals surface area contributed by atoms with E-state index in [9.17, 15) is 15.0 Å². The van der Waals surface area contributed by atoms with Crippen LogP contribution in [0.15, 0.2) is 0 Å². The lowest BCUT2D eigenvalue weighted by molar-refractivity contribution is -0.137. The van der Waals surface area contributed by atoms with Crippen LogP contribution >= 0.6 is 0 Å². The lowest BCUT2D eigenvalue weighted by Crippen LogP contribution is -2.32. The van der Waals surface area contributed by atoms with Crippen LogP contribution in [0.3, 0.4) is 0 Å². The molecular weight excluding hydrogens is 186 g/mol. The van der Waals surface area contributed by atoms with Crippen molar-refractivity contribution >= 4 is 5.97 Å². The number of carboxylic acid groups (broad SMARTS) is 1. The number of aliphatic carboxylic acids is 1. The molecule has 0 amide bonds. The Hall–Kier alpha value is -0.650. The molecule has 0 saturated carbocycles. The third-order valence-electron chi connectivity index (χ3n) is 2.69. The minimum atomic E-state index is -0.808. The van der Waals surface area contributed by atoms with Crippen molar-refractivity contribution in [1.29, 1.82) is 0 Å². The zero-order chi connectivity index (χ0) is 10.7. The van der Waals surface area contributed by atoms with Crippen molar-refractivity contribution in [3.8, 4) is 0 Å². The maximum absolute atomic E-state index is 10.3. The molecule has 82 valence electrons. The second kappa shape index (κ2) is 4.72. The summed E-state index contributed by atoms with van der Waals surface area (Å²) in [4.78, 5) is 12.2. The van der Waals surface area contributed by atoms with Gasteiger partial charge in [-0.15, -0.1) is 0 Å². The highest BCUT2D eigenvalue weighted by Gasteiger charge is 2.31. The number of nitrogens with zero attached hydrogens (tertiary/aromatic N) is 1. The standard InChI is InChI=1S/C9H17NO4/c1-6(2-3-9(13)14)10-4-7(11)8(12)5-10/h6-8,11-12H,2-5H2,1H3,(H,13,14). The average molecular weight is 203 g/mol. The third kappa shape index (κ3) is 2.94. The van der Waals surface area contributed by atoms with Crippen LogP contribution in [0.4, 0.5) is 0 Å². The Labute approximate surface area is 83.0 Å². The molecule has 3 atom stereocenters. The molecule has 0 spiro atoms. The molecule has 0 bridgehead atoms. The van der Waals surface area contributed by atoms with Gasteiger partial charge in [-0.1, -0.05) is 0 Å². The summed E-state index contributed by atoms with van der Waals surface area (Å²) in [5, 5.41) is 27.1. The summed E-state index contributed by atoms with van der Waals surface area (Å²) in [6.45, 7) is 2.78. The monoisotopic (exact) mass is 203 g/mol. The van der Waals surface area contributed by atoms with Gasteiger partial charge in [0.25, 0.3) is 0 Å². The maximum Gasteiger partial charge on any atom is 0.303 e. The molecule has 1 aliphatic rings. The Morgan fingerprint density at radius 3 is 2.36 bits per heavy atom. The molecule has 0 aromatic carbocycles. The van der Waals surface area contributed by atoms with Crippen molar-refractivity contribution in [2.45, 2.75) is 38.0 Å². The van der Waals surface area contributed by atoms with Crippen LogP contribution < -0.4 is 0 Å². The summed E-state index contributed by atoms with van der Waals surface area (Å²) in [6.07, 6.45) is -0.705. The van der Waals surface area contributed by atoms with Crippen LogP contribution in [0, 0.1) is 0 Å². The summed E-state index contributed by atoms with van der Waals surface area (Å²) in [5.41, 5.74) is 0. The summed E-state index contributed by atoms with van der Waals surface area (Å²) >= 11 is 0. The Morgan fingerprint density at radius 1 is 1.43 bits per heavy atom. The van der Waals surface area contributed by atoms with Gasteiger partial charge >= 0.3 is 5.97 Å². The molecule has 5 heteroatoms. The number of carbonyl (C=O) groups is 1. The highest BCUT2D eigenvalue weighted by atomic mass is 16.4. The first-order valence-electron chi connectivity index (χ1n) is 4.82. The van der Waals surface area contributed by atoms with Gasteiger partial charge in [0.05, 0.1) is 12.2 Å². The molecule has 0 aliphatic carbocycles. The minimum Gasteiger partial charge on any atom is -0.481 e. The molecular formula is C9H17NO4. The fourth-order valence-corrected chi connectivity index (χ4v) is 1.67. The number of β-amino-alcohol motifs (C(OH)–C–C–N with tert-alkyl or cyclic N) is 2. The molecule has 1 rings (SSSR count). The zero-order valence-electron chi connectivity index (χ0n) is 8.26. The number of hydrogen-bond acceptors (Lipinski definition) is 4. The van der Waals surface area contributed by atoms with Gasteiger partial charge in [-0.2, -0.15) is 0 Å². The molecule has 5 nitrogen and oxygen atoms in total. The van der Waals surface area contributed by atoms with E-state index in [0.29, 0.717) is 19.5 Å². The first kappa shape index (κ1) is 11.4. The predicted octanol–water partition coefficient (Wildman–Crippen LogP) is -0.723. The van der Waals surface area contributed by atoms with Crippen LogP contribution in [-0.2, 0) is 4.79 Å². The third-order valence-corrected chi connectivity index (χ3v) is 2.69. The van der Waals surface area contributed by atoms with Crippen LogP contribution in [0.25, 0.3) is 0 Å². The van der Waals surface area contributed by atoms with Gasteiger partial charge < -0.3 is 15.3 Å². The van der Waals surface area contributed by atoms with Crippen molar-refractivity contribution in [2.75, 3.05) is 13.1 Å². The van der Waals surface area contributed by atoms with Crippen LogP contribution in [0.5, 0.6) is 0 Å². The molecule has 0 radical (unpaired) electrons. The van der Waals surface area contributed by atoms with Gasteiger partial charge in [0.15, 0.2) is 0 Å². The minimum absolute atomic E-state index is 0.0953. The second-order valence-corrected chi connectivity index (χ2v) is 3.87. The maximum atomic E-state index is 10.3. The first-order valence-corrected chi connectivity index (χ1v) is 4.82. The van der Waals surface area contributed by atoms with Crippen molar-refractivity contribution < 1.29 is 20.1 Å². The molecule has 3 unspecified atom stereocenters. The number of hydrogen-bond donors (Lipinski definition) is 3. The number of carboxylic acids is 1. The molecule has 3 N–H and O–H groups in total. The van der Waals surface area contributed by atoms with E-state index >= 15 is 0 Å². The van der Waals surface area contributed by atoms with Gasteiger partial charge in [0.2, 0.25) is 0 Å². The molecule has 1 heterocycles. The van der Waals surface area contributed by atoms with E-state index in [-0.39, 0.29) is 12.5 Å². The highest BCUT2D eigenvalue weighted by molar-refractivity contribution is 5.66. The predicted molar refractivity (Wildman–Crippen MR) is 49.9 cm³/mol. The molecule has 0 aromatic heterocycles. The smallest absolute Gasteiger partial charge is 0.303 e. The fraction of sp³-hybridized carbons (Fsp3) is 0.889. The largest absolute Gasteiger partial charge is 0.481 e. The van der Waals surface area contributed by atoms with Crippen LogP contribution in [0.1, 0.15) is 19.8 Å². The van der Waals surface area contributed by atoms with Crippen molar-refractivity contribution in [3.63, 3.8) is 0 Å². The molecule has 1 saturated heterocycles. The molecule has 1 aliphatic heterocycles.